The second-order valence-corrected chi connectivity index (χ2v) is 10.9. The molecule has 5 heteroatoms. The number of hydrogen-bond acceptors (Lipinski definition) is 4. The first-order valence-electron chi connectivity index (χ1n) is 11.6. The van der Waals surface area contributed by atoms with Gasteiger partial charge in [-0.25, -0.2) is 4.98 Å². The lowest BCUT2D eigenvalue weighted by atomic mass is 9.82. The van der Waals surface area contributed by atoms with Crippen molar-refractivity contribution in [1.29, 1.82) is 0 Å². The van der Waals surface area contributed by atoms with Crippen molar-refractivity contribution in [3.05, 3.63) is 101 Å². The standard InChI is InChI=1S/C30H20ClN3S/c1-30(2)23-12-5-3-8-18(23)19-15-14-17(16-24(19)30)27-32-28(34-29(31)33-27)22-11-7-10-21-20-9-4-6-13-25(20)35-26(21)22/h3-16H,1-2H3. The molecule has 35 heavy (non-hydrogen) atoms. The summed E-state index contributed by atoms with van der Waals surface area (Å²) in [5, 5.41) is 2.65. The molecular weight excluding hydrogens is 470 g/mol. The summed E-state index contributed by atoms with van der Waals surface area (Å²) in [5.74, 6) is 1.19. The van der Waals surface area contributed by atoms with Gasteiger partial charge in [-0.1, -0.05) is 80.6 Å². The number of halogens is 1. The molecule has 0 fully saturated rings. The maximum absolute atomic E-state index is 6.47. The van der Waals surface area contributed by atoms with Crippen LogP contribution >= 0.6 is 22.9 Å². The second kappa shape index (κ2) is 7.45. The Bertz CT molecular complexity index is 1800. The fraction of sp³-hybridized carbons (Fsp3) is 0.100. The van der Waals surface area contributed by atoms with E-state index in [0.29, 0.717) is 11.6 Å². The quantitative estimate of drug-likeness (QED) is 0.244. The van der Waals surface area contributed by atoms with Gasteiger partial charge in [0.25, 0.3) is 0 Å². The smallest absolute Gasteiger partial charge is 0.208 e. The van der Waals surface area contributed by atoms with E-state index in [-0.39, 0.29) is 10.7 Å². The van der Waals surface area contributed by atoms with E-state index in [1.165, 1.54) is 37.7 Å². The minimum absolute atomic E-state index is 0.0930. The molecule has 1 aliphatic carbocycles. The molecule has 0 spiro atoms. The first-order chi connectivity index (χ1) is 17.0. The first-order valence-corrected chi connectivity index (χ1v) is 12.8. The molecule has 4 aromatic carbocycles. The number of hydrogen-bond donors (Lipinski definition) is 0. The molecule has 3 nitrogen and oxygen atoms in total. The van der Waals surface area contributed by atoms with Crippen LogP contribution in [0.4, 0.5) is 0 Å². The summed E-state index contributed by atoms with van der Waals surface area (Å²) in [6, 6.07) is 29.9. The Hall–Kier alpha value is -3.60. The van der Waals surface area contributed by atoms with Gasteiger partial charge in [0.05, 0.1) is 0 Å². The predicted octanol–water partition coefficient (Wildman–Crippen LogP) is 8.53. The second-order valence-electron chi connectivity index (χ2n) is 9.46. The number of aromatic nitrogens is 3. The van der Waals surface area contributed by atoms with Crippen LogP contribution < -0.4 is 0 Å². The van der Waals surface area contributed by atoms with Crippen LogP contribution in [0.5, 0.6) is 0 Å². The van der Waals surface area contributed by atoms with Crippen molar-refractivity contribution < 1.29 is 0 Å². The van der Waals surface area contributed by atoms with Crippen LogP contribution in [-0.2, 0) is 5.41 Å². The molecule has 0 saturated heterocycles. The fourth-order valence-corrected chi connectivity index (χ4v) is 6.74. The van der Waals surface area contributed by atoms with Gasteiger partial charge in [-0.15, -0.1) is 11.3 Å². The molecule has 2 aromatic heterocycles. The summed E-state index contributed by atoms with van der Waals surface area (Å²) in [6.07, 6.45) is 0. The van der Waals surface area contributed by atoms with Crippen molar-refractivity contribution in [2.45, 2.75) is 19.3 Å². The molecule has 0 aliphatic heterocycles. The Labute approximate surface area is 212 Å². The van der Waals surface area contributed by atoms with Crippen LogP contribution in [0.1, 0.15) is 25.0 Å². The summed E-state index contributed by atoms with van der Waals surface area (Å²) in [7, 11) is 0. The minimum Gasteiger partial charge on any atom is -0.208 e. The number of fused-ring (bicyclic) bond motifs is 6. The lowest BCUT2D eigenvalue weighted by Crippen LogP contribution is -2.15. The third-order valence-electron chi connectivity index (χ3n) is 7.10. The van der Waals surface area contributed by atoms with Gasteiger partial charge in [0.15, 0.2) is 11.6 Å². The summed E-state index contributed by atoms with van der Waals surface area (Å²) in [5.41, 5.74) is 7.01. The molecule has 2 heterocycles. The van der Waals surface area contributed by atoms with Crippen LogP contribution in [-0.4, -0.2) is 15.0 Å². The van der Waals surface area contributed by atoms with Crippen LogP contribution in [0.15, 0.2) is 84.9 Å². The predicted molar refractivity (Wildman–Crippen MR) is 146 cm³/mol. The maximum atomic E-state index is 6.47. The normalized spacial score (nSPS) is 13.8. The SMILES string of the molecule is CC1(C)c2ccccc2-c2ccc(-c3nc(Cl)nc(-c4cccc5c4sc4ccccc45)n3)cc21. The van der Waals surface area contributed by atoms with Crippen molar-refractivity contribution in [3.8, 4) is 33.9 Å². The average Bonchev–Trinajstić information content (AvgIpc) is 3.36. The molecule has 1 aliphatic rings. The van der Waals surface area contributed by atoms with Gasteiger partial charge >= 0.3 is 0 Å². The maximum Gasteiger partial charge on any atom is 0.226 e. The molecule has 0 bridgehead atoms. The van der Waals surface area contributed by atoms with E-state index >= 15 is 0 Å². The van der Waals surface area contributed by atoms with E-state index in [0.717, 1.165) is 15.8 Å². The van der Waals surface area contributed by atoms with Gasteiger partial charge in [0.1, 0.15) is 0 Å². The van der Waals surface area contributed by atoms with Crippen molar-refractivity contribution in [2.75, 3.05) is 0 Å². The highest BCUT2D eigenvalue weighted by atomic mass is 35.5. The lowest BCUT2D eigenvalue weighted by Gasteiger charge is -2.21. The molecule has 0 atom stereocenters. The van der Waals surface area contributed by atoms with E-state index in [1.54, 1.807) is 11.3 Å². The van der Waals surface area contributed by atoms with Crippen LogP contribution in [0.3, 0.4) is 0 Å². The van der Waals surface area contributed by atoms with Gasteiger partial charge < -0.3 is 0 Å². The highest BCUT2D eigenvalue weighted by molar-refractivity contribution is 7.26. The van der Waals surface area contributed by atoms with Crippen molar-refractivity contribution in [3.63, 3.8) is 0 Å². The monoisotopic (exact) mass is 489 g/mol. The van der Waals surface area contributed by atoms with Gasteiger partial charge in [0.2, 0.25) is 5.28 Å². The Morgan fingerprint density at radius 2 is 1.37 bits per heavy atom. The topological polar surface area (TPSA) is 38.7 Å². The first kappa shape index (κ1) is 20.7. The minimum atomic E-state index is -0.0930. The molecule has 0 amide bonds. The van der Waals surface area contributed by atoms with Gasteiger partial charge in [0, 0.05) is 36.7 Å². The number of benzene rings is 4. The molecule has 168 valence electrons. The van der Waals surface area contributed by atoms with E-state index in [9.17, 15) is 0 Å². The molecule has 7 rings (SSSR count). The van der Waals surface area contributed by atoms with Gasteiger partial charge in [-0.3, -0.25) is 0 Å². The Morgan fingerprint density at radius 1 is 0.657 bits per heavy atom. The number of nitrogens with zero attached hydrogens (tertiary/aromatic N) is 3. The third-order valence-corrected chi connectivity index (χ3v) is 8.48. The van der Waals surface area contributed by atoms with Crippen molar-refractivity contribution in [2.24, 2.45) is 0 Å². The average molecular weight is 490 g/mol. The third kappa shape index (κ3) is 3.07. The van der Waals surface area contributed by atoms with E-state index < -0.39 is 0 Å². The summed E-state index contributed by atoms with van der Waals surface area (Å²) >= 11 is 8.22. The van der Waals surface area contributed by atoms with Crippen LogP contribution in [0.2, 0.25) is 5.28 Å². The number of thiophene rings is 1. The molecule has 0 radical (unpaired) electrons. The largest absolute Gasteiger partial charge is 0.226 e. The lowest BCUT2D eigenvalue weighted by molar-refractivity contribution is 0.660. The zero-order valence-electron chi connectivity index (χ0n) is 19.2. The summed E-state index contributed by atoms with van der Waals surface area (Å²) < 4.78 is 2.41. The Morgan fingerprint density at radius 3 is 2.29 bits per heavy atom. The van der Waals surface area contributed by atoms with E-state index in [4.69, 9.17) is 16.6 Å². The highest BCUT2D eigenvalue weighted by Crippen LogP contribution is 2.49. The molecule has 6 aromatic rings. The number of rotatable bonds is 2. The Kier molecular flexibility index (Phi) is 4.41. The molecule has 0 saturated carbocycles. The van der Waals surface area contributed by atoms with Gasteiger partial charge in [-0.2, -0.15) is 9.97 Å². The van der Waals surface area contributed by atoms with Crippen LogP contribution in [0.25, 0.3) is 54.1 Å². The summed E-state index contributed by atoms with van der Waals surface area (Å²) in [4.78, 5) is 14.0. The van der Waals surface area contributed by atoms with E-state index in [1.807, 2.05) is 0 Å². The summed E-state index contributed by atoms with van der Waals surface area (Å²) in [6.45, 7) is 4.55. The van der Waals surface area contributed by atoms with Crippen molar-refractivity contribution in [1.82, 2.24) is 15.0 Å². The van der Waals surface area contributed by atoms with E-state index in [2.05, 4.69) is 109 Å². The zero-order valence-corrected chi connectivity index (χ0v) is 20.8. The molecular formula is C30H20ClN3S. The van der Waals surface area contributed by atoms with Crippen LogP contribution in [0, 0.1) is 0 Å². The fourth-order valence-electron chi connectivity index (χ4n) is 5.37. The molecule has 0 unspecified atom stereocenters. The highest BCUT2D eigenvalue weighted by Gasteiger charge is 2.35. The Balaban J connectivity index is 1.40. The van der Waals surface area contributed by atoms with Gasteiger partial charge in [-0.05, 0) is 52.1 Å². The molecule has 0 N–H and O–H groups in total. The van der Waals surface area contributed by atoms with Crippen molar-refractivity contribution >= 4 is 43.1 Å². The zero-order chi connectivity index (χ0) is 23.7.